The van der Waals surface area contributed by atoms with Gasteiger partial charge in [-0.3, -0.25) is 9.59 Å². The standard InChI is InChI=1S/C24H44O4/c1-3-5-9-12-21(25)17-15-20-16-18-23(26)22(20)13-10-7-8-11-14-24(27)28-19-6-4-2/h20-22,25H,3-19H2,1-2H3/t20-,21?,22+/m0/s1. The largest absolute Gasteiger partial charge is 0.466 e. The Kier molecular flexibility index (Phi) is 14.3. The average Bonchev–Trinajstić information content (AvgIpc) is 3.03. The number of ether oxygens (including phenoxy) is 1. The molecule has 0 aromatic rings. The number of rotatable bonds is 17. The number of carbonyl (C=O) groups excluding carboxylic acids is 2. The van der Waals surface area contributed by atoms with Crippen molar-refractivity contribution in [3.05, 3.63) is 0 Å². The van der Waals surface area contributed by atoms with E-state index in [1.54, 1.807) is 0 Å². The van der Waals surface area contributed by atoms with Crippen molar-refractivity contribution in [2.45, 2.75) is 123 Å². The molecule has 1 unspecified atom stereocenters. The Balaban J connectivity index is 2.12. The lowest BCUT2D eigenvalue weighted by atomic mass is 9.86. The van der Waals surface area contributed by atoms with Gasteiger partial charge in [0.2, 0.25) is 0 Å². The van der Waals surface area contributed by atoms with Crippen LogP contribution in [0.5, 0.6) is 0 Å². The maximum Gasteiger partial charge on any atom is 0.305 e. The summed E-state index contributed by atoms with van der Waals surface area (Å²) < 4.78 is 5.17. The molecule has 4 nitrogen and oxygen atoms in total. The first-order valence-corrected chi connectivity index (χ1v) is 11.9. The molecule has 28 heavy (non-hydrogen) atoms. The minimum absolute atomic E-state index is 0.0722. The Bertz CT molecular complexity index is 421. The van der Waals surface area contributed by atoms with E-state index in [1.807, 2.05) is 0 Å². The molecule has 4 heteroatoms. The predicted octanol–water partition coefficient (Wildman–Crippen LogP) is 5.99. The van der Waals surface area contributed by atoms with Gasteiger partial charge < -0.3 is 9.84 Å². The summed E-state index contributed by atoms with van der Waals surface area (Å²) in [5.74, 6) is 1.05. The molecule has 0 spiro atoms. The number of aliphatic hydroxyl groups is 1. The van der Waals surface area contributed by atoms with Crippen molar-refractivity contribution in [1.29, 1.82) is 0 Å². The Morgan fingerprint density at radius 1 is 1.00 bits per heavy atom. The number of aliphatic hydroxyl groups excluding tert-OH is 1. The summed E-state index contributed by atoms with van der Waals surface area (Å²) in [4.78, 5) is 23.8. The fourth-order valence-corrected chi connectivity index (χ4v) is 4.29. The number of ketones is 1. The summed E-state index contributed by atoms with van der Waals surface area (Å²) in [7, 11) is 0. The van der Waals surface area contributed by atoms with E-state index in [4.69, 9.17) is 4.74 Å². The van der Waals surface area contributed by atoms with Gasteiger partial charge in [0.05, 0.1) is 12.7 Å². The lowest BCUT2D eigenvalue weighted by Crippen LogP contribution is -2.17. The maximum atomic E-state index is 12.3. The smallest absolute Gasteiger partial charge is 0.305 e. The third kappa shape index (κ3) is 11.2. The van der Waals surface area contributed by atoms with Gasteiger partial charge in [-0.05, 0) is 50.9 Å². The summed E-state index contributed by atoms with van der Waals surface area (Å²) in [6, 6.07) is 0. The molecular weight excluding hydrogens is 352 g/mol. The summed E-state index contributed by atoms with van der Waals surface area (Å²) in [6.45, 7) is 4.82. The Hall–Kier alpha value is -0.900. The van der Waals surface area contributed by atoms with Crippen LogP contribution in [-0.2, 0) is 14.3 Å². The minimum atomic E-state index is -0.194. The Morgan fingerprint density at radius 2 is 1.75 bits per heavy atom. The lowest BCUT2D eigenvalue weighted by molar-refractivity contribution is -0.143. The highest BCUT2D eigenvalue weighted by Crippen LogP contribution is 2.36. The molecule has 1 fully saturated rings. The molecule has 1 N–H and O–H groups in total. The number of hydrogen-bond donors (Lipinski definition) is 1. The van der Waals surface area contributed by atoms with Crippen LogP contribution >= 0.6 is 0 Å². The van der Waals surface area contributed by atoms with E-state index < -0.39 is 0 Å². The van der Waals surface area contributed by atoms with Crippen LogP contribution in [0.25, 0.3) is 0 Å². The van der Waals surface area contributed by atoms with Crippen molar-refractivity contribution < 1.29 is 19.4 Å². The predicted molar refractivity (Wildman–Crippen MR) is 114 cm³/mol. The number of unbranched alkanes of at least 4 members (excludes halogenated alkanes) is 6. The quantitative estimate of drug-likeness (QED) is 0.242. The molecule has 0 aromatic carbocycles. The SMILES string of the molecule is CCCCCC(O)CC[C@H]1CCC(=O)[C@@H]1CCCCCCC(=O)OCCCC. The van der Waals surface area contributed by atoms with Gasteiger partial charge in [0.1, 0.15) is 5.78 Å². The number of Topliss-reactive ketones (excluding diaryl/α,β-unsaturated/α-hetero) is 1. The van der Waals surface area contributed by atoms with Gasteiger partial charge in [-0.15, -0.1) is 0 Å². The Labute approximate surface area is 172 Å². The van der Waals surface area contributed by atoms with Crippen molar-refractivity contribution in [2.24, 2.45) is 11.8 Å². The zero-order valence-electron chi connectivity index (χ0n) is 18.4. The van der Waals surface area contributed by atoms with Gasteiger partial charge in [-0.1, -0.05) is 58.8 Å². The van der Waals surface area contributed by atoms with Crippen molar-refractivity contribution in [3.63, 3.8) is 0 Å². The monoisotopic (exact) mass is 396 g/mol. The highest BCUT2D eigenvalue weighted by Gasteiger charge is 2.33. The molecule has 0 aliphatic heterocycles. The van der Waals surface area contributed by atoms with Gasteiger partial charge in [-0.25, -0.2) is 0 Å². The highest BCUT2D eigenvalue weighted by atomic mass is 16.5. The van der Waals surface area contributed by atoms with Crippen molar-refractivity contribution in [3.8, 4) is 0 Å². The first-order valence-electron chi connectivity index (χ1n) is 11.9. The van der Waals surface area contributed by atoms with Crippen LogP contribution in [0.4, 0.5) is 0 Å². The van der Waals surface area contributed by atoms with Gasteiger partial charge in [0, 0.05) is 18.8 Å². The third-order valence-electron chi connectivity index (χ3n) is 6.16. The molecule has 1 aliphatic carbocycles. The van der Waals surface area contributed by atoms with Crippen LogP contribution in [-0.4, -0.2) is 29.6 Å². The van der Waals surface area contributed by atoms with Crippen molar-refractivity contribution in [1.82, 2.24) is 0 Å². The zero-order valence-corrected chi connectivity index (χ0v) is 18.4. The van der Waals surface area contributed by atoms with Gasteiger partial charge >= 0.3 is 5.97 Å². The fraction of sp³-hybridized carbons (Fsp3) is 0.917. The first kappa shape index (κ1) is 25.1. The van der Waals surface area contributed by atoms with Gasteiger partial charge in [-0.2, -0.15) is 0 Å². The van der Waals surface area contributed by atoms with E-state index >= 15 is 0 Å². The minimum Gasteiger partial charge on any atom is -0.466 e. The molecule has 164 valence electrons. The number of esters is 1. The highest BCUT2D eigenvalue weighted by molar-refractivity contribution is 5.83. The van der Waals surface area contributed by atoms with E-state index in [0.717, 1.165) is 83.5 Å². The van der Waals surface area contributed by atoms with Crippen LogP contribution in [0.2, 0.25) is 0 Å². The Morgan fingerprint density at radius 3 is 2.50 bits per heavy atom. The van der Waals surface area contributed by atoms with Crippen LogP contribution < -0.4 is 0 Å². The number of hydrogen-bond acceptors (Lipinski definition) is 4. The van der Waals surface area contributed by atoms with E-state index in [9.17, 15) is 14.7 Å². The van der Waals surface area contributed by atoms with Gasteiger partial charge in [0.15, 0.2) is 0 Å². The van der Waals surface area contributed by atoms with E-state index in [0.29, 0.717) is 24.7 Å². The molecule has 0 bridgehead atoms. The third-order valence-corrected chi connectivity index (χ3v) is 6.16. The summed E-state index contributed by atoms with van der Waals surface area (Å²) in [5, 5.41) is 10.2. The molecule has 1 aliphatic rings. The molecular formula is C24H44O4. The molecule has 1 rings (SSSR count). The second-order valence-electron chi connectivity index (χ2n) is 8.63. The molecule has 0 heterocycles. The molecule has 0 aromatic heterocycles. The second kappa shape index (κ2) is 16.0. The molecule has 3 atom stereocenters. The summed E-state index contributed by atoms with van der Waals surface area (Å²) >= 11 is 0. The van der Waals surface area contributed by atoms with Crippen LogP contribution in [0.3, 0.4) is 0 Å². The summed E-state index contributed by atoms with van der Waals surface area (Å²) in [6.07, 6.45) is 15.3. The normalized spacial score (nSPS) is 20.5. The molecule has 0 radical (unpaired) electrons. The topological polar surface area (TPSA) is 63.6 Å². The lowest BCUT2D eigenvalue weighted by Gasteiger charge is -2.20. The van der Waals surface area contributed by atoms with Crippen LogP contribution in [0.1, 0.15) is 117 Å². The number of carbonyl (C=O) groups is 2. The fourth-order valence-electron chi connectivity index (χ4n) is 4.29. The van der Waals surface area contributed by atoms with E-state index in [-0.39, 0.29) is 18.0 Å². The van der Waals surface area contributed by atoms with Crippen molar-refractivity contribution >= 4 is 11.8 Å². The molecule has 0 saturated heterocycles. The van der Waals surface area contributed by atoms with Crippen LogP contribution in [0, 0.1) is 11.8 Å². The van der Waals surface area contributed by atoms with Crippen LogP contribution in [0.15, 0.2) is 0 Å². The van der Waals surface area contributed by atoms with Crippen molar-refractivity contribution in [2.75, 3.05) is 6.61 Å². The average molecular weight is 397 g/mol. The second-order valence-corrected chi connectivity index (χ2v) is 8.63. The molecule has 0 amide bonds. The molecule has 1 saturated carbocycles. The summed E-state index contributed by atoms with van der Waals surface area (Å²) in [5.41, 5.74) is 0. The van der Waals surface area contributed by atoms with Gasteiger partial charge in [0.25, 0.3) is 0 Å². The van der Waals surface area contributed by atoms with E-state index in [2.05, 4.69) is 13.8 Å². The first-order chi connectivity index (χ1) is 13.6. The zero-order chi connectivity index (χ0) is 20.6. The maximum absolute atomic E-state index is 12.3. The van der Waals surface area contributed by atoms with E-state index in [1.165, 1.54) is 12.8 Å².